The van der Waals surface area contributed by atoms with Gasteiger partial charge in [0.15, 0.2) is 0 Å². The molecule has 3 heteroatoms. The molecule has 0 saturated carbocycles. The molecule has 0 aliphatic carbocycles. The first-order chi connectivity index (χ1) is 5.27. The number of aromatic nitrogens is 2. The van der Waals surface area contributed by atoms with Crippen molar-refractivity contribution in [3.63, 3.8) is 0 Å². The van der Waals surface area contributed by atoms with E-state index in [9.17, 15) is 0 Å². The van der Waals surface area contributed by atoms with Crippen molar-refractivity contribution in [1.29, 1.82) is 5.26 Å². The summed E-state index contributed by atoms with van der Waals surface area (Å²) in [4.78, 5) is 0. The van der Waals surface area contributed by atoms with Crippen LogP contribution in [0.3, 0.4) is 0 Å². The summed E-state index contributed by atoms with van der Waals surface area (Å²) >= 11 is 0. The molecular formula is C8H9N3. The van der Waals surface area contributed by atoms with Crippen molar-refractivity contribution in [2.24, 2.45) is 0 Å². The van der Waals surface area contributed by atoms with Crippen LogP contribution in [0.15, 0.2) is 6.07 Å². The van der Waals surface area contributed by atoms with Gasteiger partial charge in [-0.25, -0.2) is 0 Å². The van der Waals surface area contributed by atoms with Crippen molar-refractivity contribution >= 4 is 0 Å². The van der Waals surface area contributed by atoms with Gasteiger partial charge in [-0.05, 0) is 19.4 Å². The predicted octanol–water partition coefficient (Wildman–Crippen LogP) is 1.22. The Labute approximate surface area is 65.7 Å². The molecule has 56 valence electrons. The second kappa shape index (κ2) is 3.11. The van der Waals surface area contributed by atoms with Gasteiger partial charge in [-0.2, -0.15) is 15.5 Å². The number of hydrogen-bond donors (Lipinski definition) is 0. The molecule has 1 aromatic heterocycles. The Balaban J connectivity index is 3.19. The van der Waals surface area contributed by atoms with Gasteiger partial charge < -0.3 is 0 Å². The summed E-state index contributed by atoms with van der Waals surface area (Å²) in [6, 6.07) is 3.84. The van der Waals surface area contributed by atoms with Crippen LogP contribution in [0, 0.1) is 18.3 Å². The molecule has 0 unspecified atom stereocenters. The van der Waals surface area contributed by atoms with E-state index in [1.807, 2.05) is 13.8 Å². The third-order valence-electron chi connectivity index (χ3n) is 1.45. The van der Waals surface area contributed by atoms with Crippen molar-refractivity contribution in [1.82, 2.24) is 10.2 Å². The minimum Gasteiger partial charge on any atom is -0.192 e. The monoisotopic (exact) mass is 147 g/mol. The zero-order valence-corrected chi connectivity index (χ0v) is 6.63. The lowest BCUT2D eigenvalue weighted by atomic mass is 10.2. The Morgan fingerprint density at radius 3 is 2.82 bits per heavy atom. The first kappa shape index (κ1) is 7.67. The van der Waals surface area contributed by atoms with Crippen LogP contribution < -0.4 is 0 Å². The van der Waals surface area contributed by atoms with Gasteiger partial charge in [0.2, 0.25) is 0 Å². The largest absolute Gasteiger partial charge is 0.192 e. The summed E-state index contributed by atoms with van der Waals surface area (Å²) in [5.74, 6) is 0. The maximum Gasteiger partial charge on any atom is 0.101 e. The summed E-state index contributed by atoms with van der Waals surface area (Å²) in [6.07, 6.45) is 0.760. The molecule has 11 heavy (non-hydrogen) atoms. The fourth-order valence-electron chi connectivity index (χ4n) is 0.872. The van der Waals surface area contributed by atoms with E-state index in [0.29, 0.717) is 5.56 Å². The fraction of sp³-hybridized carbons (Fsp3) is 0.375. The molecule has 0 aromatic carbocycles. The molecule has 1 rings (SSSR count). The summed E-state index contributed by atoms with van der Waals surface area (Å²) in [7, 11) is 0. The standard InChI is InChI=1S/C8H9N3/c1-3-8-7(5-9)4-6(2)10-11-8/h4H,3H2,1-2H3. The molecule has 1 aromatic rings. The lowest BCUT2D eigenvalue weighted by Crippen LogP contribution is -1.97. The summed E-state index contributed by atoms with van der Waals surface area (Å²) in [6.45, 7) is 3.79. The molecule has 0 saturated heterocycles. The van der Waals surface area contributed by atoms with E-state index < -0.39 is 0 Å². The first-order valence-electron chi connectivity index (χ1n) is 3.51. The third kappa shape index (κ3) is 1.53. The van der Waals surface area contributed by atoms with Crippen LogP contribution in [-0.2, 0) is 6.42 Å². The molecule has 3 nitrogen and oxygen atoms in total. The minimum atomic E-state index is 0.639. The molecule has 0 aliphatic rings. The molecule has 0 radical (unpaired) electrons. The number of nitriles is 1. The summed E-state index contributed by atoms with van der Waals surface area (Å²) in [5.41, 5.74) is 2.21. The molecular weight excluding hydrogens is 138 g/mol. The molecule has 0 N–H and O–H groups in total. The summed E-state index contributed by atoms with van der Waals surface area (Å²) < 4.78 is 0. The third-order valence-corrected chi connectivity index (χ3v) is 1.45. The number of nitrogens with zero attached hydrogens (tertiary/aromatic N) is 3. The minimum absolute atomic E-state index is 0.639. The van der Waals surface area contributed by atoms with Gasteiger partial charge >= 0.3 is 0 Å². The van der Waals surface area contributed by atoms with Crippen LogP contribution in [0.5, 0.6) is 0 Å². The Bertz CT molecular complexity index is 299. The van der Waals surface area contributed by atoms with Gasteiger partial charge in [-0.1, -0.05) is 6.92 Å². The van der Waals surface area contributed by atoms with Crippen molar-refractivity contribution in [2.45, 2.75) is 20.3 Å². The van der Waals surface area contributed by atoms with Crippen LogP contribution in [0.4, 0.5) is 0 Å². The van der Waals surface area contributed by atoms with Gasteiger partial charge in [-0.15, -0.1) is 0 Å². The quantitative estimate of drug-likeness (QED) is 0.600. The molecule has 0 atom stereocenters. The van der Waals surface area contributed by atoms with E-state index in [-0.39, 0.29) is 0 Å². The van der Waals surface area contributed by atoms with E-state index in [4.69, 9.17) is 5.26 Å². The van der Waals surface area contributed by atoms with E-state index in [1.165, 1.54) is 0 Å². The Hall–Kier alpha value is -1.43. The highest BCUT2D eigenvalue weighted by Gasteiger charge is 2.01. The van der Waals surface area contributed by atoms with Crippen LogP contribution in [0.1, 0.15) is 23.9 Å². The Kier molecular flexibility index (Phi) is 2.17. The molecule has 0 amide bonds. The topological polar surface area (TPSA) is 49.6 Å². The Morgan fingerprint density at radius 2 is 2.27 bits per heavy atom. The van der Waals surface area contributed by atoms with Gasteiger partial charge in [0.1, 0.15) is 6.07 Å². The highest BCUT2D eigenvalue weighted by atomic mass is 15.1. The maximum absolute atomic E-state index is 8.66. The molecule has 0 fully saturated rings. The first-order valence-corrected chi connectivity index (χ1v) is 3.51. The molecule has 0 bridgehead atoms. The Morgan fingerprint density at radius 1 is 1.55 bits per heavy atom. The average Bonchev–Trinajstić information content (AvgIpc) is 2.04. The van der Waals surface area contributed by atoms with E-state index in [1.54, 1.807) is 6.07 Å². The van der Waals surface area contributed by atoms with Gasteiger partial charge in [0.05, 0.1) is 17.0 Å². The zero-order valence-electron chi connectivity index (χ0n) is 6.63. The van der Waals surface area contributed by atoms with Crippen molar-refractivity contribution in [2.75, 3.05) is 0 Å². The molecule has 0 aliphatic heterocycles. The van der Waals surface area contributed by atoms with Crippen molar-refractivity contribution in [3.05, 3.63) is 23.0 Å². The van der Waals surface area contributed by atoms with Crippen LogP contribution >= 0.6 is 0 Å². The lowest BCUT2D eigenvalue weighted by molar-refractivity contribution is 0.886. The second-order valence-electron chi connectivity index (χ2n) is 2.31. The normalized spacial score (nSPS) is 9.18. The number of rotatable bonds is 1. The van der Waals surface area contributed by atoms with Gasteiger partial charge in [0, 0.05) is 0 Å². The van der Waals surface area contributed by atoms with Gasteiger partial charge in [0.25, 0.3) is 0 Å². The second-order valence-corrected chi connectivity index (χ2v) is 2.31. The fourth-order valence-corrected chi connectivity index (χ4v) is 0.872. The van der Waals surface area contributed by atoms with E-state index in [0.717, 1.165) is 17.8 Å². The number of hydrogen-bond acceptors (Lipinski definition) is 3. The maximum atomic E-state index is 8.66. The molecule has 1 heterocycles. The van der Waals surface area contributed by atoms with E-state index in [2.05, 4.69) is 16.3 Å². The van der Waals surface area contributed by atoms with Gasteiger partial charge in [-0.3, -0.25) is 0 Å². The van der Waals surface area contributed by atoms with Crippen LogP contribution in [-0.4, -0.2) is 10.2 Å². The number of aryl methyl sites for hydroxylation is 2. The van der Waals surface area contributed by atoms with Crippen molar-refractivity contribution in [3.8, 4) is 6.07 Å². The summed E-state index contributed by atoms with van der Waals surface area (Å²) in [5, 5.41) is 16.4. The average molecular weight is 147 g/mol. The lowest BCUT2D eigenvalue weighted by Gasteiger charge is -1.97. The zero-order chi connectivity index (χ0) is 8.27. The smallest absolute Gasteiger partial charge is 0.101 e. The molecule has 0 spiro atoms. The van der Waals surface area contributed by atoms with Crippen LogP contribution in [0.2, 0.25) is 0 Å². The van der Waals surface area contributed by atoms with Crippen LogP contribution in [0.25, 0.3) is 0 Å². The SMILES string of the molecule is CCc1nnc(C)cc1C#N. The predicted molar refractivity (Wildman–Crippen MR) is 40.9 cm³/mol. The highest BCUT2D eigenvalue weighted by molar-refractivity contribution is 5.33. The van der Waals surface area contributed by atoms with E-state index >= 15 is 0 Å². The van der Waals surface area contributed by atoms with Crippen molar-refractivity contribution < 1.29 is 0 Å². The highest BCUT2D eigenvalue weighted by Crippen LogP contribution is 2.04.